The van der Waals surface area contributed by atoms with Gasteiger partial charge in [-0.2, -0.15) is 0 Å². The highest BCUT2D eigenvalue weighted by molar-refractivity contribution is 5.99. The maximum absolute atomic E-state index is 9.54. The van der Waals surface area contributed by atoms with Gasteiger partial charge in [0.1, 0.15) is 11.4 Å². The molecule has 3 aromatic rings. The van der Waals surface area contributed by atoms with Crippen molar-refractivity contribution in [3.63, 3.8) is 0 Å². The Bertz CT molecular complexity index is 1100. The van der Waals surface area contributed by atoms with E-state index in [2.05, 4.69) is 43.0 Å². The van der Waals surface area contributed by atoms with Gasteiger partial charge in [0.25, 0.3) is 0 Å². The molecule has 0 fully saturated rings. The first-order valence-corrected chi connectivity index (χ1v) is 9.22. The summed E-state index contributed by atoms with van der Waals surface area (Å²) in [6, 6.07) is 18.5. The monoisotopic (exact) mass is 358 g/mol. The molecule has 3 aromatic carbocycles. The Morgan fingerprint density at radius 1 is 1.07 bits per heavy atom. The van der Waals surface area contributed by atoms with E-state index in [9.17, 15) is 5.11 Å². The molecule has 0 bridgehead atoms. The quantitative estimate of drug-likeness (QED) is 0.694. The highest BCUT2D eigenvalue weighted by Gasteiger charge is 2.58. The third-order valence-corrected chi connectivity index (χ3v) is 6.17. The molecule has 1 N–H and O–H groups in total. The number of benzene rings is 3. The zero-order chi connectivity index (χ0) is 18.8. The van der Waals surface area contributed by atoms with E-state index in [0.717, 1.165) is 33.5 Å². The van der Waals surface area contributed by atoms with Gasteiger partial charge in [-0.05, 0) is 42.5 Å². The molecule has 0 aliphatic carbocycles. The Hall–Kier alpha value is -2.85. The zero-order valence-electron chi connectivity index (χ0n) is 15.7. The maximum atomic E-state index is 9.54. The van der Waals surface area contributed by atoms with Gasteiger partial charge in [-0.3, -0.25) is 4.99 Å². The highest BCUT2D eigenvalue weighted by atomic mass is 16.5. The molecular formula is C23H22N2O2. The van der Waals surface area contributed by atoms with Crippen LogP contribution in [0.1, 0.15) is 25.0 Å². The molecule has 1 unspecified atom stereocenters. The van der Waals surface area contributed by atoms with Crippen LogP contribution in [0.2, 0.25) is 0 Å². The SMILES string of the molecule is CN1c2cc(CO)ccc2C(C)(C)C12C=Nc1c(ccc3ccccc13)O2. The Morgan fingerprint density at radius 2 is 1.89 bits per heavy atom. The van der Waals surface area contributed by atoms with E-state index < -0.39 is 5.72 Å². The average Bonchev–Trinajstić information content (AvgIpc) is 2.86. The summed E-state index contributed by atoms with van der Waals surface area (Å²) in [6.07, 6.45) is 1.94. The number of aliphatic imine (C=N–C) groups is 1. The lowest BCUT2D eigenvalue weighted by molar-refractivity contribution is 0.0826. The molecule has 5 rings (SSSR count). The molecule has 0 saturated carbocycles. The number of hydrogen-bond donors (Lipinski definition) is 1. The summed E-state index contributed by atoms with van der Waals surface area (Å²) >= 11 is 0. The summed E-state index contributed by atoms with van der Waals surface area (Å²) in [5, 5.41) is 11.8. The van der Waals surface area contributed by atoms with Crippen LogP contribution in [0, 0.1) is 0 Å². The average molecular weight is 358 g/mol. The van der Waals surface area contributed by atoms with Crippen molar-refractivity contribution in [1.29, 1.82) is 0 Å². The van der Waals surface area contributed by atoms with Crippen LogP contribution in [-0.4, -0.2) is 24.1 Å². The van der Waals surface area contributed by atoms with Crippen LogP contribution in [-0.2, 0) is 12.0 Å². The van der Waals surface area contributed by atoms with Crippen LogP contribution in [0.25, 0.3) is 10.8 Å². The lowest BCUT2D eigenvalue weighted by Gasteiger charge is -2.45. The summed E-state index contributed by atoms with van der Waals surface area (Å²) in [5.41, 5.74) is 3.03. The second kappa shape index (κ2) is 5.33. The van der Waals surface area contributed by atoms with E-state index in [1.807, 2.05) is 43.6 Å². The van der Waals surface area contributed by atoms with Crippen molar-refractivity contribution < 1.29 is 9.84 Å². The van der Waals surface area contributed by atoms with Crippen LogP contribution in [0.4, 0.5) is 11.4 Å². The minimum Gasteiger partial charge on any atom is -0.459 e. The number of rotatable bonds is 1. The third-order valence-electron chi connectivity index (χ3n) is 6.17. The smallest absolute Gasteiger partial charge is 0.228 e. The van der Waals surface area contributed by atoms with E-state index in [4.69, 9.17) is 9.73 Å². The summed E-state index contributed by atoms with van der Waals surface area (Å²) in [5.74, 6) is 0.798. The maximum Gasteiger partial charge on any atom is 0.228 e. The Balaban J connectivity index is 1.69. The molecule has 2 aliphatic rings. The predicted molar refractivity (Wildman–Crippen MR) is 109 cm³/mol. The molecule has 1 atom stereocenters. The van der Waals surface area contributed by atoms with Crippen molar-refractivity contribution in [2.75, 3.05) is 11.9 Å². The fraction of sp³-hybridized carbons (Fsp3) is 0.261. The van der Waals surface area contributed by atoms with Gasteiger partial charge >= 0.3 is 0 Å². The van der Waals surface area contributed by atoms with Crippen LogP contribution in [0.3, 0.4) is 0 Å². The number of hydrogen-bond acceptors (Lipinski definition) is 4. The van der Waals surface area contributed by atoms with Gasteiger partial charge in [0, 0.05) is 18.1 Å². The third kappa shape index (κ3) is 1.99. The number of likely N-dealkylation sites (N-methyl/N-ethyl adjacent to an activating group) is 1. The Labute approximate surface area is 158 Å². The fourth-order valence-corrected chi connectivity index (χ4v) is 4.51. The largest absolute Gasteiger partial charge is 0.459 e. The topological polar surface area (TPSA) is 45.1 Å². The van der Waals surface area contributed by atoms with E-state index in [-0.39, 0.29) is 12.0 Å². The molecule has 2 aliphatic heterocycles. The summed E-state index contributed by atoms with van der Waals surface area (Å²) in [6.45, 7) is 4.40. The van der Waals surface area contributed by atoms with E-state index in [0.29, 0.717) is 0 Å². The van der Waals surface area contributed by atoms with Crippen molar-refractivity contribution in [1.82, 2.24) is 0 Å². The molecule has 0 aromatic heterocycles. The van der Waals surface area contributed by atoms with Gasteiger partial charge in [0.15, 0.2) is 0 Å². The van der Waals surface area contributed by atoms with Gasteiger partial charge in [0.05, 0.1) is 18.2 Å². The molecule has 4 nitrogen and oxygen atoms in total. The minimum atomic E-state index is -0.709. The van der Waals surface area contributed by atoms with Gasteiger partial charge in [0.2, 0.25) is 5.72 Å². The summed E-state index contributed by atoms with van der Waals surface area (Å²) < 4.78 is 6.69. The summed E-state index contributed by atoms with van der Waals surface area (Å²) in [4.78, 5) is 7.03. The van der Waals surface area contributed by atoms with Crippen LogP contribution < -0.4 is 9.64 Å². The first-order valence-electron chi connectivity index (χ1n) is 9.22. The highest BCUT2D eigenvalue weighted by Crippen LogP contribution is 2.54. The zero-order valence-corrected chi connectivity index (χ0v) is 15.7. The normalized spacial score (nSPS) is 22.0. The van der Waals surface area contributed by atoms with Crippen molar-refractivity contribution in [3.8, 4) is 5.75 Å². The molecule has 2 heterocycles. The second-order valence-corrected chi connectivity index (χ2v) is 7.88. The Kier molecular flexibility index (Phi) is 3.23. The summed E-state index contributed by atoms with van der Waals surface area (Å²) in [7, 11) is 2.03. The second-order valence-electron chi connectivity index (χ2n) is 7.88. The van der Waals surface area contributed by atoms with Crippen molar-refractivity contribution in [2.24, 2.45) is 4.99 Å². The first-order chi connectivity index (χ1) is 13.0. The number of nitrogens with zero attached hydrogens (tertiary/aromatic N) is 2. The Morgan fingerprint density at radius 3 is 2.70 bits per heavy atom. The minimum absolute atomic E-state index is 0.0261. The van der Waals surface area contributed by atoms with Crippen LogP contribution in [0.15, 0.2) is 59.6 Å². The van der Waals surface area contributed by atoms with Crippen molar-refractivity contribution in [2.45, 2.75) is 31.6 Å². The number of aliphatic hydroxyl groups is 1. The number of fused-ring (bicyclic) bond motifs is 4. The standard InChI is InChI=1S/C23H22N2O2/c1-22(2)18-10-8-15(13-26)12-19(18)25(3)23(22)14-24-21-17-7-5-4-6-16(17)9-11-20(21)27-23/h4-12,14,26H,13H2,1-3H3. The number of ether oxygens (including phenoxy) is 1. The first kappa shape index (κ1) is 16.3. The van der Waals surface area contributed by atoms with Crippen molar-refractivity contribution >= 4 is 28.4 Å². The van der Waals surface area contributed by atoms with Crippen LogP contribution in [0.5, 0.6) is 5.75 Å². The molecule has 1 spiro atoms. The molecule has 0 amide bonds. The predicted octanol–water partition coefficient (Wildman–Crippen LogP) is 4.55. The molecule has 4 heteroatoms. The molecule has 136 valence electrons. The number of aliphatic hydroxyl groups excluding tert-OH is 1. The van der Waals surface area contributed by atoms with Gasteiger partial charge < -0.3 is 14.7 Å². The lowest BCUT2D eigenvalue weighted by Crippen LogP contribution is -2.61. The van der Waals surface area contributed by atoms with E-state index in [1.165, 1.54) is 5.56 Å². The van der Waals surface area contributed by atoms with E-state index in [1.54, 1.807) is 0 Å². The van der Waals surface area contributed by atoms with E-state index >= 15 is 0 Å². The molecule has 0 saturated heterocycles. The van der Waals surface area contributed by atoms with Gasteiger partial charge in [-0.25, -0.2) is 0 Å². The van der Waals surface area contributed by atoms with Gasteiger partial charge in [-0.1, -0.05) is 42.5 Å². The fourth-order valence-electron chi connectivity index (χ4n) is 4.51. The number of anilines is 1. The lowest BCUT2D eigenvalue weighted by atomic mass is 9.77. The molecular weight excluding hydrogens is 336 g/mol. The van der Waals surface area contributed by atoms with Crippen molar-refractivity contribution in [3.05, 3.63) is 65.7 Å². The molecule has 0 radical (unpaired) electrons. The van der Waals surface area contributed by atoms with Crippen LogP contribution >= 0.6 is 0 Å². The van der Waals surface area contributed by atoms with Gasteiger partial charge in [-0.15, -0.1) is 0 Å². The molecule has 27 heavy (non-hydrogen) atoms.